The van der Waals surface area contributed by atoms with Gasteiger partial charge in [-0.15, -0.1) is 37.1 Å². The molecule has 1 aliphatic heterocycles. The highest BCUT2D eigenvalue weighted by atomic mass is 127. The molecule has 0 saturated carbocycles. The van der Waals surface area contributed by atoms with E-state index in [0.29, 0.717) is 17.9 Å². The standard InChI is InChI=1S/C22H42N4O2.HI/c1-6-12-26(13-7-2)21(19(3)4)17-25-22(23-5)24-11-8-14-28-18-20-9-15-27-16-10-20;/h6-7,19-21H,1-2,8-18H2,3-5H3,(H2,23,24,25);1H. The summed E-state index contributed by atoms with van der Waals surface area (Å²) in [5, 5.41) is 6.85. The van der Waals surface area contributed by atoms with Crippen LogP contribution in [-0.2, 0) is 9.47 Å². The number of nitrogens with one attached hydrogen (secondary N) is 2. The van der Waals surface area contributed by atoms with Gasteiger partial charge in [-0.25, -0.2) is 0 Å². The number of hydrogen-bond acceptors (Lipinski definition) is 4. The quantitative estimate of drug-likeness (QED) is 0.121. The van der Waals surface area contributed by atoms with Crippen LogP contribution in [0.1, 0.15) is 33.1 Å². The minimum Gasteiger partial charge on any atom is -0.381 e. The van der Waals surface area contributed by atoms with Crippen molar-refractivity contribution < 1.29 is 9.47 Å². The first-order valence-electron chi connectivity index (χ1n) is 10.7. The summed E-state index contributed by atoms with van der Waals surface area (Å²) >= 11 is 0. The van der Waals surface area contributed by atoms with Gasteiger partial charge >= 0.3 is 0 Å². The fourth-order valence-electron chi connectivity index (χ4n) is 3.43. The van der Waals surface area contributed by atoms with Gasteiger partial charge in [0.25, 0.3) is 0 Å². The molecule has 1 heterocycles. The second-order valence-electron chi connectivity index (χ2n) is 7.71. The summed E-state index contributed by atoms with van der Waals surface area (Å²) < 4.78 is 11.2. The molecule has 1 saturated heterocycles. The smallest absolute Gasteiger partial charge is 0.191 e. The van der Waals surface area contributed by atoms with Crippen LogP contribution in [0.2, 0.25) is 0 Å². The molecule has 0 aromatic carbocycles. The van der Waals surface area contributed by atoms with Crippen LogP contribution in [0.4, 0.5) is 0 Å². The summed E-state index contributed by atoms with van der Waals surface area (Å²) in [6, 6.07) is 0.386. The van der Waals surface area contributed by atoms with E-state index in [-0.39, 0.29) is 24.0 Å². The second kappa shape index (κ2) is 18.2. The number of guanidine groups is 1. The van der Waals surface area contributed by atoms with Crippen molar-refractivity contribution in [3.8, 4) is 0 Å². The SMILES string of the molecule is C=CCN(CC=C)C(CNC(=NC)NCCCOCC1CCOCC1)C(C)C.I. The van der Waals surface area contributed by atoms with Gasteiger partial charge in [-0.2, -0.15) is 0 Å². The van der Waals surface area contributed by atoms with E-state index < -0.39 is 0 Å². The van der Waals surface area contributed by atoms with Crippen molar-refractivity contribution in [2.24, 2.45) is 16.8 Å². The third-order valence-corrected chi connectivity index (χ3v) is 5.12. The highest BCUT2D eigenvalue weighted by Gasteiger charge is 2.20. The van der Waals surface area contributed by atoms with Crippen molar-refractivity contribution in [3.05, 3.63) is 25.3 Å². The molecular weight excluding hydrogens is 479 g/mol. The monoisotopic (exact) mass is 522 g/mol. The summed E-state index contributed by atoms with van der Waals surface area (Å²) in [5.74, 6) is 2.02. The maximum absolute atomic E-state index is 5.82. The molecule has 6 nitrogen and oxygen atoms in total. The van der Waals surface area contributed by atoms with E-state index >= 15 is 0 Å². The van der Waals surface area contributed by atoms with E-state index in [1.165, 1.54) is 0 Å². The summed E-state index contributed by atoms with van der Waals surface area (Å²) in [4.78, 5) is 6.73. The summed E-state index contributed by atoms with van der Waals surface area (Å²) in [5.41, 5.74) is 0. The molecule has 0 aromatic heterocycles. The zero-order valence-corrected chi connectivity index (χ0v) is 21.0. The molecule has 7 heteroatoms. The van der Waals surface area contributed by atoms with E-state index in [4.69, 9.17) is 9.47 Å². The first-order chi connectivity index (χ1) is 13.6. The molecule has 1 rings (SSSR count). The molecule has 1 atom stereocenters. The molecule has 0 spiro atoms. The summed E-state index contributed by atoms with van der Waals surface area (Å²) in [6.45, 7) is 19.0. The van der Waals surface area contributed by atoms with Gasteiger partial charge in [0.05, 0.1) is 0 Å². The van der Waals surface area contributed by atoms with Gasteiger partial charge in [0, 0.05) is 65.7 Å². The molecule has 29 heavy (non-hydrogen) atoms. The third kappa shape index (κ3) is 12.6. The van der Waals surface area contributed by atoms with E-state index in [9.17, 15) is 0 Å². The summed E-state index contributed by atoms with van der Waals surface area (Å²) in [6.07, 6.45) is 7.12. The molecule has 2 N–H and O–H groups in total. The largest absolute Gasteiger partial charge is 0.381 e. The number of hydrogen-bond donors (Lipinski definition) is 2. The van der Waals surface area contributed by atoms with Gasteiger partial charge in [0.2, 0.25) is 0 Å². The predicted octanol–water partition coefficient (Wildman–Crippen LogP) is 3.30. The second-order valence-corrected chi connectivity index (χ2v) is 7.71. The average Bonchev–Trinajstić information content (AvgIpc) is 2.70. The van der Waals surface area contributed by atoms with E-state index in [0.717, 1.165) is 77.8 Å². The minimum absolute atomic E-state index is 0. The number of rotatable bonds is 14. The Morgan fingerprint density at radius 2 is 1.86 bits per heavy atom. The first-order valence-corrected chi connectivity index (χ1v) is 10.7. The van der Waals surface area contributed by atoms with Crippen LogP contribution in [0.3, 0.4) is 0 Å². The molecule has 1 aliphatic rings. The molecule has 0 amide bonds. The Morgan fingerprint density at radius 3 is 2.41 bits per heavy atom. The minimum atomic E-state index is 0. The van der Waals surface area contributed by atoms with E-state index in [2.05, 4.69) is 47.5 Å². The number of ether oxygens (including phenoxy) is 2. The van der Waals surface area contributed by atoms with Gasteiger partial charge in [-0.1, -0.05) is 26.0 Å². The number of halogens is 1. The molecule has 0 aromatic rings. The lowest BCUT2D eigenvalue weighted by atomic mass is 10.0. The Balaban J connectivity index is 0.00000784. The fraction of sp³-hybridized carbons (Fsp3) is 0.773. The highest BCUT2D eigenvalue weighted by molar-refractivity contribution is 14.0. The van der Waals surface area contributed by atoms with Crippen LogP contribution in [0.25, 0.3) is 0 Å². The van der Waals surface area contributed by atoms with Gasteiger partial charge in [-0.05, 0) is 31.1 Å². The normalized spacial score (nSPS) is 16.4. The maximum Gasteiger partial charge on any atom is 0.191 e. The van der Waals surface area contributed by atoms with Gasteiger partial charge in [0.1, 0.15) is 0 Å². The van der Waals surface area contributed by atoms with Crippen molar-refractivity contribution >= 4 is 29.9 Å². The Kier molecular flexibility index (Phi) is 17.8. The van der Waals surface area contributed by atoms with Crippen molar-refractivity contribution in [1.82, 2.24) is 15.5 Å². The predicted molar refractivity (Wildman–Crippen MR) is 134 cm³/mol. The van der Waals surface area contributed by atoms with Crippen LogP contribution in [0.15, 0.2) is 30.3 Å². The molecule has 0 radical (unpaired) electrons. The van der Waals surface area contributed by atoms with Gasteiger partial charge in [-0.3, -0.25) is 9.89 Å². The molecule has 0 bridgehead atoms. The number of nitrogens with zero attached hydrogens (tertiary/aromatic N) is 2. The average molecular weight is 523 g/mol. The van der Waals surface area contributed by atoms with Gasteiger partial charge in [0.15, 0.2) is 5.96 Å². The Bertz CT molecular complexity index is 444. The van der Waals surface area contributed by atoms with Crippen LogP contribution in [0.5, 0.6) is 0 Å². The molecule has 1 unspecified atom stereocenters. The Hall–Kier alpha value is -0.640. The zero-order chi connectivity index (χ0) is 20.6. The van der Waals surface area contributed by atoms with Crippen molar-refractivity contribution in [2.45, 2.75) is 39.2 Å². The highest BCUT2D eigenvalue weighted by Crippen LogP contribution is 2.14. The molecule has 170 valence electrons. The van der Waals surface area contributed by atoms with E-state index in [1.807, 2.05) is 19.2 Å². The fourth-order valence-corrected chi connectivity index (χ4v) is 3.43. The van der Waals surface area contributed by atoms with Crippen molar-refractivity contribution in [2.75, 3.05) is 59.7 Å². The Morgan fingerprint density at radius 1 is 1.21 bits per heavy atom. The van der Waals surface area contributed by atoms with Crippen LogP contribution >= 0.6 is 24.0 Å². The third-order valence-electron chi connectivity index (χ3n) is 5.12. The number of aliphatic imine (C=N–C) groups is 1. The topological polar surface area (TPSA) is 58.1 Å². The van der Waals surface area contributed by atoms with Crippen LogP contribution < -0.4 is 10.6 Å². The molecule has 0 aliphatic carbocycles. The van der Waals surface area contributed by atoms with E-state index in [1.54, 1.807) is 0 Å². The molecular formula is C22H43IN4O2. The van der Waals surface area contributed by atoms with Crippen LogP contribution in [0, 0.1) is 11.8 Å². The first kappa shape index (κ1) is 28.4. The summed E-state index contributed by atoms with van der Waals surface area (Å²) in [7, 11) is 1.81. The molecule has 1 fully saturated rings. The maximum atomic E-state index is 5.82. The Labute approximate surface area is 195 Å². The zero-order valence-electron chi connectivity index (χ0n) is 18.7. The lowest BCUT2D eigenvalue weighted by Crippen LogP contribution is -2.49. The van der Waals surface area contributed by atoms with Gasteiger partial charge < -0.3 is 20.1 Å². The van der Waals surface area contributed by atoms with Crippen molar-refractivity contribution in [1.29, 1.82) is 0 Å². The van der Waals surface area contributed by atoms with Crippen LogP contribution in [-0.4, -0.2) is 76.6 Å². The lowest BCUT2D eigenvalue weighted by molar-refractivity contribution is 0.0203. The van der Waals surface area contributed by atoms with Crippen molar-refractivity contribution in [3.63, 3.8) is 0 Å². The lowest BCUT2D eigenvalue weighted by Gasteiger charge is -2.33.